The number of phenols is 1. The smallest absolute Gasteiger partial charge is 0.260 e. The van der Waals surface area contributed by atoms with Gasteiger partial charge in [-0.05, 0) is 40.8 Å². The lowest BCUT2D eigenvalue weighted by molar-refractivity contribution is -0.137. The number of phenolic OH excluding ortho intramolecular Hbond substituents is 1. The molecule has 29 heavy (non-hydrogen) atoms. The monoisotopic (exact) mass is 437 g/mol. The van der Waals surface area contributed by atoms with Gasteiger partial charge in [-0.1, -0.05) is 49.2 Å². The first-order valence-corrected chi connectivity index (χ1v) is 10.4. The number of hydrogen-bond acceptors (Lipinski definition) is 4. The molecule has 156 valence electrons. The molecule has 1 amide bonds. The van der Waals surface area contributed by atoms with Crippen LogP contribution in [-0.4, -0.2) is 48.8 Å². The number of rotatable bonds is 6. The highest BCUT2D eigenvalue weighted by atomic mass is 35.5. The molecular formula is C22H25Cl2NO4. The van der Waals surface area contributed by atoms with Crippen LogP contribution in [0.2, 0.25) is 10.0 Å². The van der Waals surface area contributed by atoms with Gasteiger partial charge in [-0.15, -0.1) is 0 Å². The Balaban J connectivity index is 1.69. The standard InChI is InChI=1S/C22H25Cl2NO4/c1-14(2)17-9-15(3-4-21(17)26)10-18-19(23)11-16(12-20(18)24)29-13-22(27)25-5-7-28-8-6-25/h3-4,9,11-12,14,26H,5-8,10,13H2,1-2H3. The third-order valence-electron chi connectivity index (χ3n) is 4.94. The molecule has 0 saturated carbocycles. The predicted octanol–water partition coefficient (Wildman–Crippen LogP) is 4.65. The molecule has 0 aromatic heterocycles. The molecule has 2 aromatic carbocycles. The van der Waals surface area contributed by atoms with Crippen molar-refractivity contribution in [3.63, 3.8) is 0 Å². The van der Waals surface area contributed by atoms with Crippen LogP contribution >= 0.6 is 23.2 Å². The number of halogens is 2. The summed E-state index contributed by atoms with van der Waals surface area (Å²) in [6.07, 6.45) is 0.532. The van der Waals surface area contributed by atoms with Crippen molar-refractivity contribution in [3.8, 4) is 11.5 Å². The number of morpholine rings is 1. The highest BCUT2D eigenvalue weighted by Gasteiger charge is 2.18. The van der Waals surface area contributed by atoms with E-state index in [2.05, 4.69) is 0 Å². The van der Waals surface area contributed by atoms with Crippen molar-refractivity contribution in [3.05, 3.63) is 57.1 Å². The van der Waals surface area contributed by atoms with E-state index < -0.39 is 0 Å². The van der Waals surface area contributed by atoms with E-state index in [4.69, 9.17) is 32.7 Å². The first-order valence-electron chi connectivity index (χ1n) is 9.63. The quantitative estimate of drug-likeness (QED) is 0.714. The maximum atomic E-state index is 12.2. The molecule has 0 aliphatic carbocycles. The van der Waals surface area contributed by atoms with Gasteiger partial charge in [0.25, 0.3) is 5.91 Å². The van der Waals surface area contributed by atoms with Crippen LogP contribution in [0.3, 0.4) is 0 Å². The number of benzene rings is 2. The van der Waals surface area contributed by atoms with Crippen LogP contribution in [-0.2, 0) is 16.0 Å². The van der Waals surface area contributed by atoms with Gasteiger partial charge in [0.15, 0.2) is 6.61 Å². The number of aromatic hydroxyl groups is 1. The Labute approximate surface area is 181 Å². The number of ether oxygens (including phenoxy) is 2. The van der Waals surface area contributed by atoms with Crippen LogP contribution in [0.4, 0.5) is 0 Å². The second kappa shape index (κ2) is 9.70. The number of hydrogen-bond donors (Lipinski definition) is 1. The van der Waals surface area contributed by atoms with Crippen molar-refractivity contribution >= 4 is 29.1 Å². The van der Waals surface area contributed by atoms with Crippen LogP contribution in [0.15, 0.2) is 30.3 Å². The molecule has 0 bridgehead atoms. The molecule has 0 radical (unpaired) electrons. The SMILES string of the molecule is CC(C)c1cc(Cc2c(Cl)cc(OCC(=O)N3CCOCC3)cc2Cl)ccc1O. The highest BCUT2D eigenvalue weighted by molar-refractivity contribution is 6.36. The highest BCUT2D eigenvalue weighted by Crippen LogP contribution is 2.34. The summed E-state index contributed by atoms with van der Waals surface area (Å²) in [7, 11) is 0. The molecule has 5 nitrogen and oxygen atoms in total. The van der Waals surface area contributed by atoms with E-state index in [0.717, 1.165) is 16.7 Å². The summed E-state index contributed by atoms with van der Waals surface area (Å²) in [6, 6.07) is 8.89. The second-order valence-electron chi connectivity index (χ2n) is 7.37. The molecule has 0 atom stereocenters. The van der Waals surface area contributed by atoms with E-state index in [1.165, 1.54) is 0 Å². The van der Waals surface area contributed by atoms with Crippen molar-refractivity contribution in [2.75, 3.05) is 32.9 Å². The average molecular weight is 438 g/mol. The summed E-state index contributed by atoms with van der Waals surface area (Å²) >= 11 is 12.9. The molecule has 0 unspecified atom stereocenters. The Morgan fingerprint density at radius 1 is 1.17 bits per heavy atom. The molecule has 7 heteroatoms. The summed E-state index contributed by atoms with van der Waals surface area (Å²) in [4.78, 5) is 13.9. The maximum Gasteiger partial charge on any atom is 0.260 e. The van der Waals surface area contributed by atoms with Gasteiger partial charge in [0, 0.05) is 29.6 Å². The lowest BCUT2D eigenvalue weighted by Gasteiger charge is -2.26. The second-order valence-corrected chi connectivity index (χ2v) is 8.19. The van der Waals surface area contributed by atoms with Crippen LogP contribution in [0, 0.1) is 0 Å². The average Bonchev–Trinajstić information content (AvgIpc) is 2.70. The molecule has 1 fully saturated rings. The van der Waals surface area contributed by atoms with E-state index >= 15 is 0 Å². The summed E-state index contributed by atoms with van der Waals surface area (Å²) < 4.78 is 10.9. The Kier molecular flexibility index (Phi) is 7.28. The fraction of sp³-hybridized carbons (Fsp3) is 0.409. The minimum Gasteiger partial charge on any atom is -0.508 e. The number of nitrogens with zero attached hydrogens (tertiary/aromatic N) is 1. The Hall–Kier alpha value is -1.95. The number of amides is 1. The topological polar surface area (TPSA) is 59.0 Å². The summed E-state index contributed by atoms with van der Waals surface area (Å²) in [6.45, 7) is 6.25. The molecular weight excluding hydrogens is 413 g/mol. The van der Waals surface area contributed by atoms with Gasteiger partial charge < -0.3 is 19.5 Å². The molecule has 1 aliphatic heterocycles. The van der Waals surface area contributed by atoms with E-state index in [1.807, 2.05) is 26.0 Å². The van der Waals surface area contributed by atoms with E-state index in [9.17, 15) is 9.90 Å². The van der Waals surface area contributed by atoms with E-state index in [-0.39, 0.29) is 24.2 Å². The fourth-order valence-electron chi connectivity index (χ4n) is 3.26. The molecule has 1 heterocycles. The van der Waals surface area contributed by atoms with Crippen molar-refractivity contribution in [2.24, 2.45) is 0 Å². The first-order chi connectivity index (χ1) is 13.8. The summed E-state index contributed by atoms with van der Waals surface area (Å²) in [5, 5.41) is 11.0. The lowest BCUT2D eigenvalue weighted by Crippen LogP contribution is -2.42. The van der Waals surface area contributed by atoms with Crippen molar-refractivity contribution in [1.82, 2.24) is 4.90 Å². The largest absolute Gasteiger partial charge is 0.508 e. The lowest BCUT2D eigenvalue weighted by atomic mass is 9.96. The molecule has 1 N–H and O–H groups in total. The van der Waals surface area contributed by atoms with Gasteiger partial charge in [-0.25, -0.2) is 0 Å². The van der Waals surface area contributed by atoms with Crippen LogP contribution < -0.4 is 4.74 Å². The Bertz CT molecular complexity index is 856. The third-order valence-corrected chi connectivity index (χ3v) is 5.61. The number of carbonyl (C=O) groups excluding carboxylic acids is 1. The van der Waals surface area contributed by atoms with Crippen molar-refractivity contribution in [2.45, 2.75) is 26.2 Å². The van der Waals surface area contributed by atoms with Crippen LogP contribution in [0.1, 0.15) is 36.5 Å². The third kappa shape index (κ3) is 5.56. The van der Waals surface area contributed by atoms with Gasteiger partial charge in [0.2, 0.25) is 0 Å². The first kappa shape index (κ1) is 21.8. The van der Waals surface area contributed by atoms with E-state index in [0.29, 0.717) is 48.5 Å². The minimum atomic E-state index is -0.0880. The molecule has 1 saturated heterocycles. The zero-order valence-corrected chi connectivity index (χ0v) is 18.1. The van der Waals surface area contributed by atoms with E-state index in [1.54, 1.807) is 23.1 Å². The van der Waals surface area contributed by atoms with Gasteiger partial charge in [-0.2, -0.15) is 0 Å². The van der Waals surface area contributed by atoms with Gasteiger partial charge in [-0.3, -0.25) is 4.79 Å². The predicted molar refractivity (Wildman–Crippen MR) is 114 cm³/mol. The maximum absolute atomic E-state index is 12.2. The van der Waals surface area contributed by atoms with Crippen LogP contribution in [0.25, 0.3) is 0 Å². The zero-order chi connectivity index (χ0) is 21.0. The molecule has 1 aliphatic rings. The normalized spacial score (nSPS) is 14.3. The zero-order valence-electron chi connectivity index (χ0n) is 16.6. The fourth-order valence-corrected chi connectivity index (χ4v) is 3.86. The molecule has 2 aromatic rings. The summed E-state index contributed by atoms with van der Waals surface area (Å²) in [5.74, 6) is 0.865. The molecule has 3 rings (SSSR count). The van der Waals surface area contributed by atoms with Crippen LogP contribution in [0.5, 0.6) is 11.5 Å². The summed E-state index contributed by atoms with van der Waals surface area (Å²) in [5.41, 5.74) is 2.67. The van der Waals surface area contributed by atoms with Crippen molar-refractivity contribution in [1.29, 1.82) is 0 Å². The van der Waals surface area contributed by atoms with Gasteiger partial charge >= 0.3 is 0 Å². The Morgan fingerprint density at radius 2 is 1.83 bits per heavy atom. The minimum absolute atomic E-state index is 0.0677. The van der Waals surface area contributed by atoms with Crippen molar-refractivity contribution < 1.29 is 19.4 Å². The Morgan fingerprint density at radius 3 is 2.45 bits per heavy atom. The van der Waals surface area contributed by atoms with Gasteiger partial charge in [0.1, 0.15) is 11.5 Å². The van der Waals surface area contributed by atoms with Gasteiger partial charge in [0.05, 0.1) is 13.2 Å². The molecule has 0 spiro atoms. The number of carbonyl (C=O) groups is 1.